The highest BCUT2D eigenvalue weighted by atomic mass is 32.1. The number of unbranched alkanes of at least 4 members (excludes halogenated alkanes) is 1. The largest absolute Gasteiger partial charge is 0.507 e. The summed E-state index contributed by atoms with van der Waals surface area (Å²) >= 11 is 0.914. The van der Waals surface area contributed by atoms with Gasteiger partial charge >= 0.3 is 11.9 Å². The van der Waals surface area contributed by atoms with Crippen molar-refractivity contribution in [2.45, 2.75) is 32.7 Å². The van der Waals surface area contributed by atoms with Crippen LogP contribution in [0, 0.1) is 6.92 Å². The Labute approximate surface area is 247 Å². The van der Waals surface area contributed by atoms with Gasteiger partial charge in [-0.15, -0.1) is 0 Å². The molecule has 2 aromatic carbocycles. The van der Waals surface area contributed by atoms with Crippen molar-refractivity contribution in [1.29, 1.82) is 0 Å². The van der Waals surface area contributed by atoms with Crippen molar-refractivity contribution in [2.24, 2.45) is 0 Å². The summed E-state index contributed by atoms with van der Waals surface area (Å²) in [6.07, 6.45) is 3.33. The van der Waals surface area contributed by atoms with Gasteiger partial charge in [0.1, 0.15) is 23.0 Å². The number of aryl methyl sites for hydroxylation is 1. The van der Waals surface area contributed by atoms with Gasteiger partial charge in [0.05, 0.1) is 38.1 Å². The van der Waals surface area contributed by atoms with E-state index in [2.05, 4.69) is 18.5 Å². The van der Waals surface area contributed by atoms with Crippen molar-refractivity contribution in [3.05, 3.63) is 82.4 Å². The molecule has 220 valence electrons. The molecule has 4 rings (SSSR count). The predicted octanol–water partition coefficient (Wildman–Crippen LogP) is 5.62. The molecule has 1 saturated heterocycles. The van der Waals surface area contributed by atoms with Gasteiger partial charge in [-0.3, -0.25) is 14.5 Å². The molecule has 3 aromatic rings. The summed E-state index contributed by atoms with van der Waals surface area (Å²) < 4.78 is 21.7. The lowest BCUT2D eigenvalue weighted by Crippen LogP contribution is -2.29. The average Bonchev–Trinajstić information content (AvgIpc) is 3.51. The number of methoxy groups -OCH3 is 2. The normalized spacial score (nSPS) is 15.9. The second-order valence-corrected chi connectivity index (χ2v) is 10.3. The molecule has 1 aliphatic rings. The Hall–Kier alpha value is -4.64. The monoisotopic (exact) mass is 592 g/mol. The van der Waals surface area contributed by atoms with Crippen LogP contribution < -0.4 is 19.1 Å². The molecule has 0 radical (unpaired) electrons. The number of amides is 1. The van der Waals surface area contributed by atoms with E-state index < -0.39 is 23.7 Å². The Balaban J connectivity index is 1.85. The van der Waals surface area contributed by atoms with Gasteiger partial charge < -0.3 is 24.1 Å². The molecule has 10 nitrogen and oxygen atoms in total. The molecule has 0 spiro atoms. The zero-order valence-electron chi connectivity index (χ0n) is 23.8. The van der Waals surface area contributed by atoms with Crippen LogP contribution in [0.1, 0.15) is 52.3 Å². The molecule has 1 N–H and O–H groups in total. The number of nitrogens with zero attached hydrogens (tertiary/aromatic N) is 2. The van der Waals surface area contributed by atoms with Crippen molar-refractivity contribution in [3.8, 4) is 17.2 Å². The van der Waals surface area contributed by atoms with Crippen molar-refractivity contribution < 1.29 is 38.4 Å². The van der Waals surface area contributed by atoms with Crippen LogP contribution in [0.5, 0.6) is 17.2 Å². The number of aliphatic hydroxyl groups excluding tert-OH is 1. The number of hydrogen-bond donors (Lipinski definition) is 1. The number of aliphatic hydroxyl groups is 1. The minimum absolute atomic E-state index is 0.00406. The summed E-state index contributed by atoms with van der Waals surface area (Å²) in [5, 5.41) is 11.6. The first-order valence-corrected chi connectivity index (χ1v) is 14.1. The molecule has 2 heterocycles. The molecule has 1 atom stereocenters. The molecule has 0 aliphatic carbocycles. The molecule has 42 heavy (non-hydrogen) atoms. The number of thiazole rings is 1. The highest BCUT2D eigenvalue weighted by Gasteiger charge is 2.48. The van der Waals surface area contributed by atoms with E-state index in [1.807, 2.05) is 0 Å². The van der Waals surface area contributed by atoms with Gasteiger partial charge in [0, 0.05) is 5.56 Å². The minimum atomic E-state index is -1.09. The first-order chi connectivity index (χ1) is 20.2. The van der Waals surface area contributed by atoms with Gasteiger partial charge in [-0.05, 0) is 55.3 Å². The van der Waals surface area contributed by atoms with Gasteiger partial charge in [-0.25, -0.2) is 9.78 Å². The van der Waals surface area contributed by atoms with Crippen molar-refractivity contribution >= 4 is 39.9 Å². The van der Waals surface area contributed by atoms with Gasteiger partial charge in [0.2, 0.25) is 0 Å². The molecule has 1 fully saturated rings. The number of benzene rings is 2. The summed E-state index contributed by atoms with van der Waals surface area (Å²) in [5.74, 6) is -1.39. The first kappa shape index (κ1) is 30.3. The Morgan fingerprint density at radius 1 is 1.12 bits per heavy atom. The van der Waals surface area contributed by atoms with E-state index in [1.54, 1.807) is 49.4 Å². The average molecular weight is 593 g/mol. The molecular weight excluding hydrogens is 560 g/mol. The number of hydrogen-bond acceptors (Lipinski definition) is 10. The number of ether oxygens (including phenoxy) is 4. The second-order valence-electron chi connectivity index (χ2n) is 9.31. The number of Topliss-reactive ketones (excluding diaryl/α,β-unsaturated/α-hetero) is 1. The smallest absolute Gasteiger partial charge is 0.350 e. The Morgan fingerprint density at radius 3 is 2.48 bits per heavy atom. The predicted molar refractivity (Wildman–Crippen MR) is 159 cm³/mol. The molecule has 0 saturated carbocycles. The fourth-order valence-corrected chi connectivity index (χ4v) is 5.43. The van der Waals surface area contributed by atoms with Gasteiger partial charge in [-0.1, -0.05) is 43.4 Å². The van der Waals surface area contributed by atoms with E-state index in [1.165, 1.54) is 25.2 Å². The standard InChI is InChI=1S/C31H32N2O8S/c1-6-8-16-40-21-12-9-19(10-13-21)26(34)24-25(20-11-14-22(38-4)23(17-20)39-5)33(29(36)27(24)35)31-32-18(3)28(42-31)30(37)41-15-7-2/h7,9-14,17,25,34H,2,6,8,15-16H2,1,3-5H3/b26-24-. The third-order valence-electron chi connectivity index (χ3n) is 6.57. The van der Waals surface area contributed by atoms with Crippen LogP contribution in [0.25, 0.3) is 5.76 Å². The summed E-state index contributed by atoms with van der Waals surface area (Å²) in [5.41, 5.74) is 0.966. The lowest BCUT2D eigenvalue weighted by molar-refractivity contribution is -0.132. The fourth-order valence-electron chi connectivity index (χ4n) is 4.44. The molecule has 1 aliphatic heterocycles. The second kappa shape index (κ2) is 13.3. The van der Waals surface area contributed by atoms with E-state index in [-0.39, 0.29) is 27.9 Å². The van der Waals surface area contributed by atoms with Gasteiger partial charge in [-0.2, -0.15) is 0 Å². The molecule has 1 amide bonds. The SMILES string of the molecule is C=CCOC(=O)c1sc(N2C(=O)C(=O)/C(=C(\O)c3ccc(OCCCC)cc3)C2c2ccc(OC)c(OC)c2)nc1C. The molecule has 1 aromatic heterocycles. The number of carbonyl (C=O) groups excluding carboxylic acids is 3. The maximum Gasteiger partial charge on any atom is 0.350 e. The zero-order chi connectivity index (χ0) is 30.4. The van der Waals surface area contributed by atoms with E-state index in [4.69, 9.17) is 18.9 Å². The van der Waals surface area contributed by atoms with Crippen LogP contribution in [0.3, 0.4) is 0 Å². The minimum Gasteiger partial charge on any atom is -0.507 e. The van der Waals surface area contributed by atoms with Crippen LogP contribution >= 0.6 is 11.3 Å². The Kier molecular flexibility index (Phi) is 9.64. The first-order valence-electron chi connectivity index (χ1n) is 13.3. The lowest BCUT2D eigenvalue weighted by Gasteiger charge is -2.23. The van der Waals surface area contributed by atoms with Crippen LogP contribution in [0.2, 0.25) is 0 Å². The number of aromatic nitrogens is 1. The summed E-state index contributed by atoms with van der Waals surface area (Å²) in [6, 6.07) is 10.5. The van der Waals surface area contributed by atoms with Crippen LogP contribution in [0.15, 0.2) is 60.7 Å². The topological polar surface area (TPSA) is 124 Å². The molecule has 11 heteroatoms. The molecule has 0 bridgehead atoms. The van der Waals surface area contributed by atoms with E-state index >= 15 is 0 Å². The summed E-state index contributed by atoms with van der Waals surface area (Å²) in [6.45, 7) is 7.78. The van der Waals surface area contributed by atoms with E-state index in [0.717, 1.165) is 24.2 Å². The highest BCUT2D eigenvalue weighted by molar-refractivity contribution is 7.17. The zero-order valence-corrected chi connectivity index (χ0v) is 24.7. The Bertz CT molecular complexity index is 1530. The third-order valence-corrected chi connectivity index (χ3v) is 7.71. The number of anilines is 1. The lowest BCUT2D eigenvalue weighted by atomic mass is 9.95. The quantitative estimate of drug-likeness (QED) is 0.0713. The van der Waals surface area contributed by atoms with Gasteiger partial charge in [0.15, 0.2) is 16.6 Å². The maximum atomic E-state index is 13.6. The van der Waals surface area contributed by atoms with Crippen LogP contribution in [-0.4, -0.2) is 55.2 Å². The Morgan fingerprint density at radius 2 is 1.83 bits per heavy atom. The number of carbonyl (C=O) groups is 3. The van der Waals surface area contributed by atoms with Crippen LogP contribution in [-0.2, 0) is 14.3 Å². The number of ketones is 1. The van der Waals surface area contributed by atoms with Crippen molar-refractivity contribution in [3.63, 3.8) is 0 Å². The van der Waals surface area contributed by atoms with Crippen molar-refractivity contribution in [2.75, 3.05) is 32.3 Å². The van der Waals surface area contributed by atoms with E-state index in [9.17, 15) is 19.5 Å². The maximum absolute atomic E-state index is 13.6. The third kappa shape index (κ3) is 6.01. The van der Waals surface area contributed by atoms with Crippen molar-refractivity contribution in [1.82, 2.24) is 4.98 Å². The van der Waals surface area contributed by atoms with Crippen LogP contribution in [0.4, 0.5) is 5.13 Å². The fraction of sp³-hybridized carbons (Fsp3) is 0.290. The molecule has 1 unspecified atom stereocenters. The van der Waals surface area contributed by atoms with Gasteiger partial charge in [0.25, 0.3) is 5.78 Å². The number of rotatable bonds is 12. The summed E-state index contributed by atoms with van der Waals surface area (Å²) in [7, 11) is 2.96. The summed E-state index contributed by atoms with van der Waals surface area (Å²) in [4.78, 5) is 45.5. The highest BCUT2D eigenvalue weighted by Crippen LogP contribution is 2.45. The number of esters is 1. The molecular formula is C31H32N2O8S. The van der Waals surface area contributed by atoms with E-state index in [0.29, 0.717) is 40.7 Å².